The van der Waals surface area contributed by atoms with Crippen molar-refractivity contribution in [2.45, 2.75) is 0 Å². The lowest BCUT2D eigenvalue weighted by Gasteiger charge is -2.03. The fourth-order valence-corrected chi connectivity index (χ4v) is 1.86. The molecule has 3 nitrogen and oxygen atoms in total. The first-order valence-electron chi connectivity index (χ1n) is 5.93. The Kier molecular flexibility index (Phi) is 4.70. The lowest BCUT2D eigenvalue weighted by atomic mass is 10.1. The van der Waals surface area contributed by atoms with E-state index in [1.165, 1.54) is 0 Å². The highest BCUT2D eigenvalue weighted by Crippen LogP contribution is 2.14. The van der Waals surface area contributed by atoms with Gasteiger partial charge in [0.25, 0.3) is 5.91 Å². The molecule has 0 spiro atoms. The minimum Gasteiger partial charge on any atom is -0.321 e. The molecule has 4 heteroatoms. The second-order valence-electron chi connectivity index (χ2n) is 4.04. The number of halogens is 1. The number of carbonyl (C=O) groups excluding carboxylic acids is 1. The summed E-state index contributed by atoms with van der Waals surface area (Å²) in [7, 11) is 0. The van der Waals surface area contributed by atoms with Crippen molar-refractivity contribution in [3.63, 3.8) is 0 Å². The van der Waals surface area contributed by atoms with E-state index in [2.05, 4.69) is 21.2 Å². The summed E-state index contributed by atoms with van der Waals surface area (Å²) in [4.78, 5) is 12.0. The molecule has 0 aliphatic rings. The van der Waals surface area contributed by atoms with Gasteiger partial charge in [0.1, 0.15) is 11.6 Å². The Morgan fingerprint density at radius 3 is 2.35 bits per heavy atom. The minimum atomic E-state index is -0.415. The summed E-state index contributed by atoms with van der Waals surface area (Å²) >= 11 is 3.34. The summed E-state index contributed by atoms with van der Waals surface area (Å²) in [5, 5.41) is 11.8. The predicted octanol–water partition coefficient (Wildman–Crippen LogP) is 3.99. The van der Waals surface area contributed by atoms with Gasteiger partial charge in [-0.3, -0.25) is 4.79 Å². The number of rotatable bonds is 3. The lowest BCUT2D eigenvalue weighted by Crippen LogP contribution is -2.13. The minimum absolute atomic E-state index is 0.0659. The number of benzene rings is 2. The molecule has 1 amide bonds. The molecule has 2 rings (SSSR count). The van der Waals surface area contributed by atoms with Crippen LogP contribution in [0.3, 0.4) is 0 Å². The normalized spacial score (nSPS) is 10.7. The number of nitrogens with one attached hydrogen (secondary N) is 1. The summed E-state index contributed by atoms with van der Waals surface area (Å²) < 4.78 is 0.946. The molecule has 0 aliphatic carbocycles. The Morgan fingerprint density at radius 1 is 1.10 bits per heavy atom. The fourth-order valence-electron chi connectivity index (χ4n) is 1.59. The molecule has 2 aromatic rings. The van der Waals surface area contributed by atoms with E-state index in [-0.39, 0.29) is 5.57 Å². The average Bonchev–Trinajstić information content (AvgIpc) is 2.47. The number of hydrogen-bond acceptors (Lipinski definition) is 2. The van der Waals surface area contributed by atoms with Gasteiger partial charge in [0.2, 0.25) is 0 Å². The van der Waals surface area contributed by atoms with Crippen LogP contribution in [0.25, 0.3) is 6.08 Å². The van der Waals surface area contributed by atoms with E-state index < -0.39 is 5.91 Å². The second kappa shape index (κ2) is 6.69. The van der Waals surface area contributed by atoms with Gasteiger partial charge in [-0.15, -0.1) is 0 Å². The first kappa shape index (κ1) is 14.0. The number of amides is 1. The zero-order valence-corrected chi connectivity index (χ0v) is 12.1. The quantitative estimate of drug-likeness (QED) is 0.684. The Balaban J connectivity index is 2.18. The van der Waals surface area contributed by atoms with Gasteiger partial charge in [-0.05, 0) is 35.9 Å². The SMILES string of the molecule is N#CC(=Cc1ccc(Br)cc1)C(=O)Nc1ccccc1. The van der Waals surface area contributed by atoms with Crippen LogP contribution in [-0.2, 0) is 4.79 Å². The highest BCUT2D eigenvalue weighted by Gasteiger charge is 2.09. The van der Waals surface area contributed by atoms with Crippen LogP contribution in [0.2, 0.25) is 0 Å². The van der Waals surface area contributed by atoms with E-state index in [4.69, 9.17) is 5.26 Å². The molecule has 1 N–H and O–H groups in total. The van der Waals surface area contributed by atoms with Crippen LogP contribution in [0.4, 0.5) is 5.69 Å². The molecule has 0 aliphatic heterocycles. The maximum absolute atomic E-state index is 12.0. The highest BCUT2D eigenvalue weighted by molar-refractivity contribution is 9.10. The standard InChI is InChI=1S/C16H11BrN2O/c17-14-8-6-12(7-9-14)10-13(11-18)16(20)19-15-4-2-1-3-5-15/h1-10H,(H,19,20). The fraction of sp³-hybridized carbons (Fsp3) is 0. The largest absolute Gasteiger partial charge is 0.321 e. The number of nitriles is 1. The first-order chi connectivity index (χ1) is 9.69. The maximum atomic E-state index is 12.0. The molecule has 98 valence electrons. The van der Waals surface area contributed by atoms with E-state index in [9.17, 15) is 4.79 Å². The molecular formula is C16H11BrN2O. The number of hydrogen-bond donors (Lipinski definition) is 1. The summed E-state index contributed by atoms with van der Waals surface area (Å²) in [5.41, 5.74) is 1.53. The Labute approximate surface area is 125 Å². The van der Waals surface area contributed by atoms with Crippen molar-refractivity contribution in [2.75, 3.05) is 5.32 Å². The van der Waals surface area contributed by atoms with Crippen molar-refractivity contribution >= 4 is 33.6 Å². The third kappa shape index (κ3) is 3.81. The van der Waals surface area contributed by atoms with Crippen molar-refractivity contribution in [3.05, 3.63) is 70.2 Å². The van der Waals surface area contributed by atoms with Crippen molar-refractivity contribution in [3.8, 4) is 6.07 Å². The summed E-state index contributed by atoms with van der Waals surface area (Å²) in [5.74, 6) is -0.415. The van der Waals surface area contributed by atoms with Gasteiger partial charge >= 0.3 is 0 Å². The molecular weight excluding hydrogens is 316 g/mol. The molecule has 0 atom stereocenters. The van der Waals surface area contributed by atoms with Crippen molar-refractivity contribution in [1.82, 2.24) is 0 Å². The van der Waals surface area contributed by atoms with E-state index in [0.717, 1.165) is 10.0 Å². The van der Waals surface area contributed by atoms with Crippen molar-refractivity contribution < 1.29 is 4.79 Å². The number of anilines is 1. The van der Waals surface area contributed by atoms with Gasteiger partial charge in [0, 0.05) is 10.2 Å². The zero-order chi connectivity index (χ0) is 14.4. The average molecular weight is 327 g/mol. The lowest BCUT2D eigenvalue weighted by molar-refractivity contribution is -0.112. The molecule has 2 aromatic carbocycles. The van der Waals surface area contributed by atoms with E-state index in [1.807, 2.05) is 48.5 Å². The van der Waals surface area contributed by atoms with Gasteiger partial charge in [-0.25, -0.2) is 0 Å². The van der Waals surface area contributed by atoms with Crippen LogP contribution in [0, 0.1) is 11.3 Å². The number of para-hydroxylation sites is 1. The molecule has 20 heavy (non-hydrogen) atoms. The Hall–Kier alpha value is -2.38. The molecule has 0 unspecified atom stereocenters. The molecule has 0 heterocycles. The summed E-state index contributed by atoms with van der Waals surface area (Å²) in [6.45, 7) is 0. The van der Waals surface area contributed by atoms with Gasteiger partial charge in [-0.2, -0.15) is 5.26 Å². The maximum Gasteiger partial charge on any atom is 0.266 e. The first-order valence-corrected chi connectivity index (χ1v) is 6.72. The second-order valence-corrected chi connectivity index (χ2v) is 4.96. The van der Waals surface area contributed by atoms with E-state index in [1.54, 1.807) is 18.2 Å². The van der Waals surface area contributed by atoms with Crippen LogP contribution >= 0.6 is 15.9 Å². The molecule has 0 radical (unpaired) electrons. The van der Waals surface area contributed by atoms with Gasteiger partial charge < -0.3 is 5.32 Å². The van der Waals surface area contributed by atoms with E-state index >= 15 is 0 Å². The zero-order valence-electron chi connectivity index (χ0n) is 10.5. The van der Waals surface area contributed by atoms with Gasteiger partial charge in [0.05, 0.1) is 0 Å². The third-order valence-electron chi connectivity index (χ3n) is 2.58. The van der Waals surface area contributed by atoms with Crippen LogP contribution < -0.4 is 5.32 Å². The summed E-state index contributed by atoms with van der Waals surface area (Å²) in [6.07, 6.45) is 1.56. The van der Waals surface area contributed by atoms with Crippen LogP contribution in [0.15, 0.2) is 64.6 Å². The van der Waals surface area contributed by atoms with Crippen LogP contribution in [-0.4, -0.2) is 5.91 Å². The van der Waals surface area contributed by atoms with Crippen molar-refractivity contribution in [2.24, 2.45) is 0 Å². The molecule has 0 saturated heterocycles. The Bertz CT molecular complexity index is 670. The topological polar surface area (TPSA) is 52.9 Å². The highest BCUT2D eigenvalue weighted by atomic mass is 79.9. The Morgan fingerprint density at radius 2 is 1.75 bits per heavy atom. The predicted molar refractivity (Wildman–Crippen MR) is 82.8 cm³/mol. The van der Waals surface area contributed by atoms with Crippen LogP contribution in [0.5, 0.6) is 0 Å². The van der Waals surface area contributed by atoms with Gasteiger partial charge in [0.15, 0.2) is 0 Å². The molecule has 0 aromatic heterocycles. The monoisotopic (exact) mass is 326 g/mol. The number of nitrogens with zero attached hydrogens (tertiary/aromatic N) is 1. The van der Waals surface area contributed by atoms with E-state index in [0.29, 0.717) is 5.69 Å². The van der Waals surface area contributed by atoms with Crippen molar-refractivity contribution in [1.29, 1.82) is 5.26 Å². The molecule has 0 fully saturated rings. The smallest absolute Gasteiger partial charge is 0.266 e. The van der Waals surface area contributed by atoms with Gasteiger partial charge in [-0.1, -0.05) is 46.3 Å². The number of carbonyl (C=O) groups is 1. The molecule has 0 bridgehead atoms. The van der Waals surface area contributed by atoms with Crippen LogP contribution in [0.1, 0.15) is 5.56 Å². The summed E-state index contributed by atoms with van der Waals surface area (Å²) in [6, 6.07) is 18.3. The third-order valence-corrected chi connectivity index (χ3v) is 3.11. The molecule has 0 saturated carbocycles.